The maximum absolute atomic E-state index is 13.1. The molecule has 1 aromatic carbocycles. The second kappa shape index (κ2) is 6.84. The first-order chi connectivity index (χ1) is 11.5. The Morgan fingerprint density at radius 3 is 2.46 bits per heavy atom. The van der Waals surface area contributed by atoms with E-state index in [0.717, 1.165) is 31.4 Å². The van der Waals surface area contributed by atoms with E-state index in [9.17, 15) is 23.5 Å². The number of nitrogens with one attached hydrogen (secondary N) is 2. The molecule has 2 aliphatic rings. The van der Waals surface area contributed by atoms with Crippen LogP contribution in [0.5, 0.6) is 0 Å². The fourth-order valence-electron chi connectivity index (χ4n) is 4.08. The van der Waals surface area contributed by atoms with Gasteiger partial charge in [0.1, 0.15) is 11.6 Å². The van der Waals surface area contributed by atoms with Crippen molar-refractivity contribution in [2.24, 2.45) is 17.8 Å². The van der Waals surface area contributed by atoms with E-state index in [0.29, 0.717) is 17.9 Å². The Morgan fingerprint density at radius 1 is 1.12 bits per heavy atom. The molecule has 0 aliphatic heterocycles. The van der Waals surface area contributed by atoms with Gasteiger partial charge in [-0.05, 0) is 43.2 Å². The van der Waals surface area contributed by atoms with E-state index in [-0.39, 0.29) is 36.6 Å². The number of carbonyl (C=O) groups is 2. The molecule has 2 fully saturated rings. The predicted molar refractivity (Wildman–Crippen MR) is 82.0 cm³/mol. The summed E-state index contributed by atoms with van der Waals surface area (Å²) in [5.41, 5.74) is -0.173. The number of aliphatic hydroxyl groups is 1. The number of aliphatic hydroxyl groups excluding tert-OH is 1. The van der Waals surface area contributed by atoms with Gasteiger partial charge < -0.3 is 15.7 Å². The third-order valence-electron chi connectivity index (χ3n) is 5.16. The Bertz CT molecular complexity index is 632. The van der Waals surface area contributed by atoms with Gasteiger partial charge in [-0.15, -0.1) is 0 Å². The van der Waals surface area contributed by atoms with Crippen LogP contribution in [-0.4, -0.2) is 36.1 Å². The van der Waals surface area contributed by atoms with Crippen molar-refractivity contribution < 1.29 is 23.5 Å². The monoisotopic (exact) mass is 338 g/mol. The Kier molecular flexibility index (Phi) is 4.80. The summed E-state index contributed by atoms with van der Waals surface area (Å²) in [5.74, 6) is -1.87. The molecule has 2 amide bonds. The SMILES string of the molecule is O=C(CNC(=O)c1cc(F)cc(F)c1)NC1C2CCC(C2)C1CO. The first-order valence-electron chi connectivity index (χ1n) is 8.12. The molecular formula is C17H20F2N2O3. The van der Waals surface area contributed by atoms with Crippen molar-refractivity contribution in [3.05, 3.63) is 35.4 Å². The minimum atomic E-state index is -0.850. The summed E-state index contributed by atoms with van der Waals surface area (Å²) in [4.78, 5) is 23.9. The van der Waals surface area contributed by atoms with Gasteiger partial charge in [-0.2, -0.15) is 0 Å². The molecule has 0 heterocycles. The fraction of sp³-hybridized carbons (Fsp3) is 0.529. The molecule has 3 rings (SSSR count). The molecule has 1 aromatic rings. The number of carbonyl (C=O) groups excluding carboxylic acids is 2. The van der Waals surface area contributed by atoms with Gasteiger partial charge >= 0.3 is 0 Å². The van der Waals surface area contributed by atoms with Crippen LogP contribution in [0.2, 0.25) is 0 Å². The summed E-state index contributed by atoms with van der Waals surface area (Å²) < 4.78 is 26.2. The highest BCUT2D eigenvalue weighted by Gasteiger charge is 2.47. The Labute approximate surface area is 138 Å². The number of amides is 2. The Hall–Kier alpha value is -2.02. The van der Waals surface area contributed by atoms with Crippen molar-refractivity contribution in [1.82, 2.24) is 10.6 Å². The van der Waals surface area contributed by atoms with Gasteiger partial charge in [-0.3, -0.25) is 9.59 Å². The average molecular weight is 338 g/mol. The summed E-state index contributed by atoms with van der Waals surface area (Å²) in [6, 6.07) is 2.43. The van der Waals surface area contributed by atoms with Crippen molar-refractivity contribution in [2.45, 2.75) is 25.3 Å². The average Bonchev–Trinajstić information content (AvgIpc) is 3.12. The molecule has 0 radical (unpaired) electrons. The predicted octanol–water partition coefficient (Wildman–Crippen LogP) is 1.22. The van der Waals surface area contributed by atoms with Crippen LogP contribution in [0.1, 0.15) is 29.6 Å². The van der Waals surface area contributed by atoms with Crippen molar-refractivity contribution in [3.63, 3.8) is 0 Å². The van der Waals surface area contributed by atoms with E-state index in [1.807, 2.05) is 0 Å². The van der Waals surface area contributed by atoms with Gasteiger partial charge in [0, 0.05) is 30.2 Å². The molecule has 0 spiro atoms. The van der Waals surface area contributed by atoms with E-state index in [2.05, 4.69) is 10.6 Å². The van der Waals surface area contributed by atoms with Crippen LogP contribution in [0, 0.1) is 29.4 Å². The Balaban J connectivity index is 1.53. The first kappa shape index (κ1) is 16.8. The van der Waals surface area contributed by atoms with E-state index >= 15 is 0 Å². The van der Waals surface area contributed by atoms with Crippen molar-refractivity contribution in [1.29, 1.82) is 0 Å². The lowest BCUT2D eigenvalue weighted by Crippen LogP contribution is -2.48. The van der Waals surface area contributed by atoms with Crippen LogP contribution in [0.3, 0.4) is 0 Å². The zero-order valence-corrected chi connectivity index (χ0v) is 13.1. The van der Waals surface area contributed by atoms with Crippen LogP contribution in [0.4, 0.5) is 8.78 Å². The van der Waals surface area contributed by atoms with E-state index in [4.69, 9.17) is 0 Å². The second-order valence-electron chi connectivity index (χ2n) is 6.61. The fourth-order valence-corrected chi connectivity index (χ4v) is 4.08. The highest BCUT2D eigenvalue weighted by atomic mass is 19.1. The van der Waals surface area contributed by atoms with E-state index in [1.54, 1.807) is 0 Å². The molecule has 130 valence electrons. The van der Waals surface area contributed by atoms with Crippen molar-refractivity contribution in [3.8, 4) is 0 Å². The zero-order valence-electron chi connectivity index (χ0n) is 13.1. The van der Waals surface area contributed by atoms with Crippen LogP contribution in [-0.2, 0) is 4.79 Å². The quantitative estimate of drug-likeness (QED) is 0.755. The lowest BCUT2D eigenvalue weighted by Gasteiger charge is -2.30. The smallest absolute Gasteiger partial charge is 0.251 e. The lowest BCUT2D eigenvalue weighted by molar-refractivity contribution is -0.121. The van der Waals surface area contributed by atoms with Crippen molar-refractivity contribution >= 4 is 11.8 Å². The van der Waals surface area contributed by atoms with Gasteiger partial charge in [0.15, 0.2) is 0 Å². The standard InChI is InChI=1S/C17H20F2N2O3/c18-12-4-11(5-13(19)6-12)17(24)20-7-15(23)21-16-10-2-1-9(3-10)14(16)8-22/h4-6,9-10,14,16,22H,1-3,7-8H2,(H,20,24)(H,21,23). The second-order valence-corrected chi connectivity index (χ2v) is 6.61. The molecule has 4 unspecified atom stereocenters. The molecular weight excluding hydrogens is 318 g/mol. The number of hydrogen-bond acceptors (Lipinski definition) is 3. The number of halogens is 2. The molecule has 0 aromatic heterocycles. The van der Waals surface area contributed by atoms with Gasteiger partial charge in [-0.1, -0.05) is 0 Å². The van der Waals surface area contributed by atoms with Crippen LogP contribution in [0.15, 0.2) is 18.2 Å². The summed E-state index contributed by atoms with van der Waals surface area (Å²) in [6.45, 7) is -0.232. The molecule has 24 heavy (non-hydrogen) atoms. The van der Waals surface area contributed by atoms with E-state index < -0.39 is 17.5 Å². The highest BCUT2D eigenvalue weighted by molar-refractivity contribution is 5.96. The third kappa shape index (κ3) is 3.40. The van der Waals surface area contributed by atoms with E-state index in [1.165, 1.54) is 0 Å². The molecule has 4 atom stereocenters. The normalized spacial score (nSPS) is 28.0. The van der Waals surface area contributed by atoms with Gasteiger partial charge in [0.05, 0.1) is 6.54 Å². The van der Waals surface area contributed by atoms with Crippen LogP contribution >= 0.6 is 0 Å². The van der Waals surface area contributed by atoms with Gasteiger partial charge in [0.2, 0.25) is 5.91 Å². The molecule has 7 heteroatoms. The first-order valence-corrected chi connectivity index (χ1v) is 8.12. The number of benzene rings is 1. The number of hydrogen-bond donors (Lipinski definition) is 3. The lowest BCUT2D eigenvalue weighted by atomic mass is 9.85. The molecule has 3 N–H and O–H groups in total. The van der Waals surface area contributed by atoms with Crippen LogP contribution < -0.4 is 10.6 Å². The summed E-state index contributed by atoms with van der Waals surface area (Å²) in [5, 5.41) is 14.7. The molecule has 2 aliphatic carbocycles. The highest BCUT2D eigenvalue weighted by Crippen LogP contribution is 2.48. The maximum Gasteiger partial charge on any atom is 0.251 e. The van der Waals surface area contributed by atoms with Gasteiger partial charge in [0.25, 0.3) is 5.91 Å². The molecule has 2 saturated carbocycles. The molecule has 2 bridgehead atoms. The Morgan fingerprint density at radius 2 is 1.79 bits per heavy atom. The van der Waals surface area contributed by atoms with Gasteiger partial charge in [-0.25, -0.2) is 8.78 Å². The summed E-state index contributed by atoms with van der Waals surface area (Å²) >= 11 is 0. The van der Waals surface area contributed by atoms with Crippen molar-refractivity contribution in [2.75, 3.05) is 13.2 Å². The minimum Gasteiger partial charge on any atom is -0.396 e. The summed E-state index contributed by atoms with van der Waals surface area (Å²) in [7, 11) is 0. The third-order valence-corrected chi connectivity index (χ3v) is 5.16. The molecule has 5 nitrogen and oxygen atoms in total. The maximum atomic E-state index is 13.1. The number of rotatable bonds is 5. The molecule has 0 saturated heterocycles. The largest absolute Gasteiger partial charge is 0.396 e. The van der Waals surface area contributed by atoms with Crippen LogP contribution in [0.25, 0.3) is 0 Å². The topological polar surface area (TPSA) is 78.4 Å². The zero-order chi connectivity index (χ0) is 17.3. The minimum absolute atomic E-state index is 0.0427. The number of fused-ring (bicyclic) bond motifs is 2. The summed E-state index contributed by atoms with van der Waals surface area (Å²) in [6.07, 6.45) is 3.15.